The van der Waals surface area contributed by atoms with Gasteiger partial charge in [-0.3, -0.25) is 14.3 Å². The topological polar surface area (TPSA) is 256 Å². The second-order valence-corrected chi connectivity index (χ2v) is 9.76. The Bertz CT molecular complexity index is 1390. The molecular formula is C25H31F3N4O12. The molecule has 2 fully saturated rings. The Balaban J connectivity index is 0.000000676. The Labute approximate surface area is 245 Å². The van der Waals surface area contributed by atoms with Crippen LogP contribution in [0.5, 0.6) is 0 Å². The minimum Gasteiger partial charge on any atom is -0.478 e. The van der Waals surface area contributed by atoms with Crippen LogP contribution in [-0.4, -0.2) is 109 Å². The lowest BCUT2D eigenvalue weighted by molar-refractivity contribution is -0.213. The molecule has 19 heteroatoms. The van der Waals surface area contributed by atoms with Gasteiger partial charge >= 0.3 is 23.8 Å². The number of carbonyl (C=O) groups is 2. The first-order valence-electron chi connectivity index (χ1n) is 13.0. The van der Waals surface area contributed by atoms with E-state index in [-0.39, 0.29) is 25.1 Å². The predicted octanol–water partition coefficient (Wildman–Crippen LogP) is -1.90. The van der Waals surface area contributed by atoms with E-state index in [9.17, 15) is 42.9 Å². The molecule has 3 heterocycles. The van der Waals surface area contributed by atoms with Crippen molar-refractivity contribution in [1.82, 2.24) is 14.9 Å². The molecule has 2 saturated heterocycles. The average molecular weight is 637 g/mol. The average Bonchev–Trinajstić information content (AvgIpc) is 3.46. The van der Waals surface area contributed by atoms with Crippen LogP contribution in [0.3, 0.4) is 0 Å². The Kier molecular flexibility index (Phi) is 11.8. The van der Waals surface area contributed by atoms with Crippen LogP contribution in [0.2, 0.25) is 0 Å². The fourth-order valence-electron chi connectivity index (χ4n) is 4.38. The van der Waals surface area contributed by atoms with E-state index in [4.69, 9.17) is 35.0 Å². The molecule has 0 spiro atoms. The molecule has 2 aromatic rings. The maximum Gasteiger partial charge on any atom is 0.490 e. The van der Waals surface area contributed by atoms with Gasteiger partial charge in [-0.1, -0.05) is 12.1 Å². The van der Waals surface area contributed by atoms with Crippen molar-refractivity contribution in [3.8, 4) is 0 Å². The zero-order valence-electron chi connectivity index (χ0n) is 22.7. The van der Waals surface area contributed by atoms with E-state index in [2.05, 4.69) is 10.3 Å². The number of hydrogen-bond donors (Lipinski definition) is 8. The molecule has 9 N–H and O–H groups in total. The summed E-state index contributed by atoms with van der Waals surface area (Å²) in [5.74, 6) is -3.79. The molecule has 8 atom stereocenters. The van der Waals surface area contributed by atoms with Crippen molar-refractivity contribution in [2.45, 2.75) is 68.3 Å². The number of carboxylic acids is 2. The SMILES string of the molecule is NC[C@H]1O[C@@H](O[C@@H](CNCc2ccc(C(=O)O)cc2)[C@@H]2C[C@@H](O)[C@H](n3ccc(=O)[nH]c3=O)O2)[C@H](O)[C@@H]1O.O=C(O)C(F)(F)F. The summed E-state index contributed by atoms with van der Waals surface area (Å²) in [5.41, 5.74) is 5.20. The van der Waals surface area contributed by atoms with Crippen molar-refractivity contribution in [3.05, 3.63) is 68.5 Å². The van der Waals surface area contributed by atoms with Crippen molar-refractivity contribution >= 4 is 11.9 Å². The lowest BCUT2D eigenvalue weighted by atomic mass is 10.1. The molecule has 2 aliphatic rings. The second-order valence-electron chi connectivity index (χ2n) is 9.76. The molecule has 0 radical (unpaired) electrons. The van der Waals surface area contributed by atoms with Crippen LogP contribution in [0.15, 0.2) is 46.1 Å². The van der Waals surface area contributed by atoms with Gasteiger partial charge in [0.15, 0.2) is 12.5 Å². The van der Waals surface area contributed by atoms with E-state index in [1.165, 1.54) is 18.3 Å². The first-order valence-corrected chi connectivity index (χ1v) is 13.0. The van der Waals surface area contributed by atoms with Gasteiger partial charge in [0.25, 0.3) is 5.56 Å². The van der Waals surface area contributed by atoms with Crippen molar-refractivity contribution in [1.29, 1.82) is 0 Å². The molecule has 0 aliphatic carbocycles. The number of halogens is 3. The van der Waals surface area contributed by atoms with E-state index in [0.717, 1.165) is 16.2 Å². The van der Waals surface area contributed by atoms with Crippen LogP contribution in [-0.2, 0) is 25.5 Å². The Morgan fingerprint density at radius 3 is 2.25 bits per heavy atom. The van der Waals surface area contributed by atoms with Crippen LogP contribution in [0.1, 0.15) is 28.6 Å². The number of aromatic nitrogens is 2. The van der Waals surface area contributed by atoms with E-state index in [1.54, 1.807) is 12.1 Å². The zero-order valence-corrected chi connectivity index (χ0v) is 22.7. The summed E-state index contributed by atoms with van der Waals surface area (Å²) in [6.07, 6.45) is -12.3. The fourth-order valence-corrected chi connectivity index (χ4v) is 4.38. The highest BCUT2D eigenvalue weighted by molar-refractivity contribution is 5.87. The minimum absolute atomic E-state index is 0.0385. The molecule has 244 valence electrons. The maximum atomic E-state index is 12.2. The molecule has 0 unspecified atom stereocenters. The number of aromatic amines is 1. The van der Waals surface area contributed by atoms with Gasteiger partial charge < -0.3 is 50.8 Å². The van der Waals surface area contributed by atoms with Gasteiger partial charge in [-0.2, -0.15) is 13.2 Å². The number of alkyl halides is 3. The summed E-state index contributed by atoms with van der Waals surface area (Å²) in [7, 11) is 0. The Hall–Kier alpha value is -3.69. The number of nitrogens with one attached hydrogen (secondary N) is 2. The van der Waals surface area contributed by atoms with Crippen molar-refractivity contribution < 1.29 is 62.5 Å². The van der Waals surface area contributed by atoms with Crippen LogP contribution in [0, 0.1) is 0 Å². The summed E-state index contributed by atoms with van der Waals surface area (Å²) in [6.45, 7) is 0.435. The van der Waals surface area contributed by atoms with Crippen LogP contribution >= 0.6 is 0 Å². The number of H-pyrrole nitrogens is 1. The zero-order chi connectivity index (χ0) is 32.8. The molecule has 16 nitrogen and oxygen atoms in total. The second kappa shape index (κ2) is 14.9. The number of aliphatic hydroxyl groups is 3. The molecule has 1 aromatic heterocycles. The highest BCUT2D eigenvalue weighted by Gasteiger charge is 2.47. The number of aliphatic hydroxyl groups excluding tert-OH is 3. The summed E-state index contributed by atoms with van der Waals surface area (Å²) in [4.78, 5) is 45.7. The van der Waals surface area contributed by atoms with Crippen LogP contribution < -0.4 is 22.3 Å². The predicted molar refractivity (Wildman–Crippen MR) is 139 cm³/mol. The third-order valence-electron chi connectivity index (χ3n) is 6.64. The van der Waals surface area contributed by atoms with Crippen molar-refractivity contribution in [2.24, 2.45) is 5.73 Å². The molecule has 4 rings (SSSR count). The quantitative estimate of drug-likeness (QED) is 0.142. The first-order chi connectivity index (χ1) is 20.6. The molecule has 0 amide bonds. The first kappa shape index (κ1) is 34.8. The van der Waals surface area contributed by atoms with Crippen molar-refractivity contribution in [2.75, 3.05) is 13.1 Å². The van der Waals surface area contributed by atoms with Crippen molar-refractivity contribution in [3.63, 3.8) is 0 Å². The molecule has 2 aliphatic heterocycles. The van der Waals surface area contributed by atoms with E-state index < -0.39 is 78.5 Å². The number of aliphatic carboxylic acids is 1. The third-order valence-corrected chi connectivity index (χ3v) is 6.64. The molecule has 0 saturated carbocycles. The van der Waals surface area contributed by atoms with Gasteiger partial charge in [0.05, 0.1) is 17.8 Å². The summed E-state index contributed by atoms with van der Waals surface area (Å²) >= 11 is 0. The number of carboxylic acid groups (broad SMARTS) is 2. The largest absolute Gasteiger partial charge is 0.490 e. The lowest BCUT2D eigenvalue weighted by Crippen LogP contribution is -2.44. The molecule has 0 bridgehead atoms. The third kappa shape index (κ3) is 8.92. The number of ether oxygens (including phenoxy) is 3. The highest BCUT2D eigenvalue weighted by atomic mass is 19.4. The van der Waals surface area contributed by atoms with Crippen LogP contribution in [0.4, 0.5) is 13.2 Å². The van der Waals surface area contributed by atoms with E-state index in [1.807, 2.05) is 0 Å². The number of nitrogens with two attached hydrogens (primary N) is 1. The Morgan fingerprint density at radius 2 is 1.73 bits per heavy atom. The number of aromatic carboxylic acids is 1. The monoisotopic (exact) mass is 636 g/mol. The number of hydrogen-bond acceptors (Lipinski definition) is 12. The van der Waals surface area contributed by atoms with Gasteiger partial charge in [-0.25, -0.2) is 14.4 Å². The number of nitrogens with zero attached hydrogens (tertiary/aromatic N) is 1. The summed E-state index contributed by atoms with van der Waals surface area (Å²) in [5, 5.41) is 50.5. The van der Waals surface area contributed by atoms with Gasteiger partial charge in [0.1, 0.15) is 24.4 Å². The van der Waals surface area contributed by atoms with Gasteiger partial charge in [-0.05, 0) is 17.7 Å². The summed E-state index contributed by atoms with van der Waals surface area (Å²) < 4.78 is 50.3. The highest BCUT2D eigenvalue weighted by Crippen LogP contribution is 2.32. The van der Waals surface area contributed by atoms with Gasteiger partial charge in [0, 0.05) is 38.3 Å². The molecule has 44 heavy (non-hydrogen) atoms. The van der Waals surface area contributed by atoms with Gasteiger partial charge in [0.2, 0.25) is 0 Å². The van der Waals surface area contributed by atoms with Gasteiger partial charge in [-0.15, -0.1) is 0 Å². The molecule has 1 aromatic carbocycles. The minimum atomic E-state index is -5.08. The smallest absolute Gasteiger partial charge is 0.478 e. The van der Waals surface area contributed by atoms with E-state index >= 15 is 0 Å². The lowest BCUT2D eigenvalue weighted by Gasteiger charge is -2.28. The normalized spacial score (nSPS) is 27.4. The standard InChI is InChI=1S/C23H30N4O10.C2HF3O2/c24-8-15-18(30)19(31)22(36-15)37-16(10-25-9-11-1-3-12(4-2-11)21(32)33)14-7-13(28)20(35-14)27-6-5-17(29)26-23(27)34;3-2(4,5)1(6)7/h1-6,13-16,18-20,22,25,28,30-31H,7-10,24H2,(H,32,33)(H,26,29,34);(H,6,7)/t13-,14+,15-,16+,18-,19-,20-,22+;/m1./s1. The fraction of sp³-hybridized carbons (Fsp3) is 0.520. The number of benzene rings is 1. The molecular weight excluding hydrogens is 605 g/mol. The summed E-state index contributed by atoms with van der Waals surface area (Å²) in [6, 6.07) is 7.41. The van der Waals surface area contributed by atoms with E-state index in [0.29, 0.717) is 6.54 Å². The Morgan fingerprint density at radius 1 is 1.09 bits per heavy atom. The number of rotatable bonds is 10. The van der Waals surface area contributed by atoms with Crippen LogP contribution in [0.25, 0.3) is 0 Å². The maximum absolute atomic E-state index is 12.2.